The van der Waals surface area contributed by atoms with Crippen LogP contribution < -0.4 is 5.32 Å². The third-order valence-corrected chi connectivity index (χ3v) is 3.52. The molecule has 2 aromatic rings. The number of aromatic nitrogens is 3. The van der Waals surface area contributed by atoms with Crippen molar-refractivity contribution in [3.8, 4) is 5.82 Å². The molecule has 102 valence electrons. The Morgan fingerprint density at radius 1 is 1.32 bits per heavy atom. The van der Waals surface area contributed by atoms with Crippen LogP contribution >= 0.6 is 15.9 Å². The monoisotopic (exact) mass is 322 g/mol. The van der Waals surface area contributed by atoms with Crippen LogP contribution in [0, 0.1) is 13.8 Å². The van der Waals surface area contributed by atoms with Crippen LogP contribution in [0.2, 0.25) is 0 Å². The highest BCUT2D eigenvalue weighted by Gasteiger charge is 2.11. The lowest BCUT2D eigenvalue weighted by Gasteiger charge is -2.14. The van der Waals surface area contributed by atoms with E-state index in [1.165, 1.54) is 0 Å². The third kappa shape index (κ3) is 3.22. The predicted octanol–water partition coefficient (Wildman–Crippen LogP) is 3.14. The maximum atomic E-state index is 4.54. The molecule has 0 unspecified atom stereocenters. The van der Waals surface area contributed by atoms with Crippen molar-refractivity contribution in [1.29, 1.82) is 0 Å². The van der Waals surface area contributed by atoms with Crippen LogP contribution in [0.15, 0.2) is 23.1 Å². The first-order valence-corrected chi connectivity index (χ1v) is 7.17. The molecule has 0 fully saturated rings. The normalized spacial score (nSPS) is 11.3. The largest absolute Gasteiger partial charge is 0.310 e. The molecule has 0 aliphatic rings. The van der Waals surface area contributed by atoms with E-state index in [2.05, 4.69) is 58.1 Å². The van der Waals surface area contributed by atoms with Crippen LogP contribution in [0.4, 0.5) is 0 Å². The predicted molar refractivity (Wildman–Crippen MR) is 80.5 cm³/mol. The van der Waals surface area contributed by atoms with Gasteiger partial charge in [-0.1, -0.05) is 13.8 Å². The number of pyridine rings is 1. The summed E-state index contributed by atoms with van der Waals surface area (Å²) in [5, 5.41) is 3.43. The van der Waals surface area contributed by atoms with Gasteiger partial charge in [-0.05, 0) is 35.8 Å². The first-order valence-electron chi connectivity index (χ1n) is 6.37. The Labute approximate surface area is 122 Å². The van der Waals surface area contributed by atoms with Crippen molar-refractivity contribution in [2.45, 2.75) is 40.3 Å². The summed E-state index contributed by atoms with van der Waals surface area (Å²) in [6.07, 6.45) is 3.66. The molecule has 1 N–H and O–H groups in total. The van der Waals surface area contributed by atoms with Gasteiger partial charge in [0.05, 0.1) is 5.69 Å². The van der Waals surface area contributed by atoms with Crippen LogP contribution in [-0.2, 0) is 6.54 Å². The van der Waals surface area contributed by atoms with Crippen LogP contribution in [0.5, 0.6) is 0 Å². The second-order valence-corrected chi connectivity index (χ2v) is 5.87. The summed E-state index contributed by atoms with van der Waals surface area (Å²) in [6.45, 7) is 9.13. The SMILES string of the molecule is Cc1ncn(-c2ncc(Br)cc2CNC(C)C)c1C. The molecular formula is C14H19BrN4. The first kappa shape index (κ1) is 14.2. The van der Waals surface area contributed by atoms with E-state index >= 15 is 0 Å². The Balaban J connectivity index is 2.42. The molecule has 0 aromatic carbocycles. The minimum absolute atomic E-state index is 0.442. The molecule has 4 nitrogen and oxygen atoms in total. The Morgan fingerprint density at radius 2 is 2.05 bits per heavy atom. The van der Waals surface area contributed by atoms with Crippen molar-refractivity contribution in [2.24, 2.45) is 0 Å². The maximum absolute atomic E-state index is 4.54. The van der Waals surface area contributed by atoms with Gasteiger partial charge in [0, 0.05) is 34.5 Å². The number of halogens is 1. The van der Waals surface area contributed by atoms with E-state index in [0.717, 1.165) is 33.8 Å². The van der Waals surface area contributed by atoms with Crippen molar-refractivity contribution >= 4 is 15.9 Å². The van der Waals surface area contributed by atoms with Gasteiger partial charge < -0.3 is 5.32 Å². The smallest absolute Gasteiger partial charge is 0.142 e. The van der Waals surface area contributed by atoms with Crippen LogP contribution in [0.1, 0.15) is 30.8 Å². The summed E-state index contributed by atoms with van der Waals surface area (Å²) in [7, 11) is 0. The summed E-state index contributed by atoms with van der Waals surface area (Å²) >= 11 is 3.48. The molecule has 0 bridgehead atoms. The van der Waals surface area contributed by atoms with Gasteiger partial charge in [0.25, 0.3) is 0 Å². The number of nitrogens with one attached hydrogen (secondary N) is 1. The number of imidazole rings is 1. The van der Waals surface area contributed by atoms with Gasteiger partial charge in [-0.3, -0.25) is 4.57 Å². The molecule has 5 heteroatoms. The van der Waals surface area contributed by atoms with Crippen LogP contribution in [0.25, 0.3) is 5.82 Å². The molecule has 0 spiro atoms. The third-order valence-electron chi connectivity index (χ3n) is 3.09. The fourth-order valence-corrected chi connectivity index (χ4v) is 2.23. The Kier molecular flexibility index (Phi) is 4.37. The van der Waals surface area contributed by atoms with Gasteiger partial charge in [0.1, 0.15) is 12.1 Å². The van der Waals surface area contributed by atoms with E-state index in [4.69, 9.17) is 0 Å². The van der Waals surface area contributed by atoms with Crippen molar-refractivity contribution in [3.05, 3.63) is 40.0 Å². The highest BCUT2D eigenvalue weighted by Crippen LogP contribution is 2.20. The van der Waals surface area contributed by atoms with Crippen molar-refractivity contribution < 1.29 is 0 Å². The molecule has 2 heterocycles. The van der Waals surface area contributed by atoms with Gasteiger partial charge in [-0.25, -0.2) is 9.97 Å². The molecule has 0 atom stereocenters. The van der Waals surface area contributed by atoms with Crippen molar-refractivity contribution in [3.63, 3.8) is 0 Å². The summed E-state index contributed by atoms with van der Waals surface area (Å²) in [6, 6.07) is 2.55. The molecule has 2 aromatic heterocycles. The van der Waals surface area contributed by atoms with Gasteiger partial charge in [0.2, 0.25) is 0 Å². The number of nitrogens with zero attached hydrogens (tertiary/aromatic N) is 3. The molecule has 0 aliphatic heterocycles. The fourth-order valence-electron chi connectivity index (χ4n) is 1.85. The second-order valence-electron chi connectivity index (χ2n) is 4.96. The van der Waals surface area contributed by atoms with Crippen molar-refractivity contribution in [1.82, 2.24) is 19.9 Å². The summed E-state index contributed by atoms with van der Waals surface area (Å²) in [5.41, 5.74) is 3.32. The number of rotatable bonds is 4. The van der Waals surface area contributed by atoms with Gasteiger partial charge in [0.15, 0.2) is 0 Å². The topological polar surface area (TPSA) is 42.7 Å². The minimum atomic E-state index is 0.442. The molecule has 0 amide bonds. The standard InChI is InChI=1S/C14H19BrN4/c1-9(2)16-6-12-5-13(15)7-17-14(12)19-8-18-10(3)11(19)4/h5,7-9,16H,6H2,1-4H3. The second kappa shape index (κ2) is 5.84. The molecule has 0 saturated heterocycles. The number of hydrogen-bond donors (Lipinski definition) is 1. The summed E-state index contributed by atoms with van der Waals surface area (Å²) < 4.78 is 3.03. The Bertz CT molecular complexity index is 575. The molecule has 2 rings (SSSR count). The van der Waals surface area contributed by atoms with Gasteiger partial charge in [-0.2, -0.15) is 0 Å². The highest BCUT2D eigenvalue weighted by atomic mass is 79.9. The van der Waals surface area contributed by atoms with Gasteiger partial charge >= 0.3 is 0 Å². The number of aryl methyl sites for hydroxylation is 1. The zero-order valence-electron chi connectivity index (χ0n) is 11.7. The minimum Gasteiger partial charge on any atom is -0.310 e. The highest BCUT2D eigenvalue weighted by molar-refractivity contribution is 9.10. The average Bonchev–Trinajstić information content (AvgIpc) is 2.68. The van der Waals surface area contributed by atoms with E-state index in [1.807, 2.05) is 24.0 Å². The van der Waals surface area contributed by atoms with E-state index < -0.39 is 0 Å². The van der Waals surface area contributed by atoms with E-state index in [1.54, 1.807) is 0 Å². The lowest BCUT2D eigenvalue weighted by molar-refractivity contribution is 0.586. The van der Waals surface area contributed by atoms with Crippen molar-refractivity contribution in [2.75, 3.05) is 0 Å². The van der Waals surface area contributed by atoms with E-state index in [-0.39, 0.29) is 0 Å². The molecule has 19 heavy (non-hydrogen) atoms. The maximum Gasteiger partial charge on any atom is 0.142 e. The Morgan fingerprint density at radius 3 is 2.63 bits per heavy atom. The molecule has 0 radical (unpaired) electrons. The molecule has 0 aliphatic carbocycles. The van der Waals surface area contributed by atoms with Gasteiger partial charge in [-0.15, -0.1) is 0 Å². The average molecular weight is 323 g/mol. The lowest BCUT2D eigenvalue weighted by atomic mass is 10.2. The Hall–Kier alpha value is -1.20. The number of hydrogen-bond acceptors (Lipinski definition) is 3. The zero-order chi connectivity index (χ0) is 14.0. The van der Waals surface area contributed by atoms with Crippen LogP contribution in [-0.4, -0.2) is 20.6 Å². The van der Waals surface area contributed by atoms with E-state index in [9.17, 15) is 0 Å². The van der Waals surface area contributed by atoms with E-state index in [0.29, 0.717) is 6.04 Å². The van der Waals surface area contributed by atoms with Crippen LogP contribution in [0.3, 0.4) is 0 Å². The summed E-state index contributed by atoms with van der Waals surface area (Å²) in [4.78, 5) is 8.88. The zero-order valence-corrected chi connectivity index (χ0v) is 13.3. The molecular weight excluding hydrogens is 304 g/mol. The summed E-state index contributed by atoms with van der Waals surface area (Å²) in [5.74, 6) is 0.939. The first-order chi connectivity index (χ1) is 8.99. The fraction of sp³-hybridized carbons (Fsp3) is 0.429. The lowest BCUT2D eigenvalue weighted by Crippen LogP contribution is -2.23. The quantitative estimate of drug-likeness (QED) is 0.940. The molecule has 0 saturated carbocycles.